The van der Waals surface area contributed by atoms with Crippen LogP contribution in [0.3, 0.4) is 0 Å². The molecule has 2 aliphatic rings. The Balaban J connectivity index is 1.83. The third-order valence-electron chi connectivity index (χ3n) is 6.66. The maximum absolute atomic E-state index is 14.9. The van der Waals surface area contributed by atoms with Crippen molar-refractivity contribution in [3.63, 3.8) is 0 Å². The topological polar surface area (TPSA) is 75.9 Å². The minimum Gasteiger partial charge on any atom is -0.494 e. The van der Waals surface area contributed by atoms with Gasteiger partial charge in [-0.1, -0.05) is 32.9 Å². The Labute approximate surface area is 200 Å². The first-order chi connectivity index (χ1) is 15.5. The molecule has 176 valence electrons. The number of nitrogens with zero attached hydrogens (tertiary/aromatic N) is 3. The van der Waals surface area contributed by atoms with Crippen LogP contribution in [0.1, 0.15) is 39.2 Å². The summed E-state index contributed by atoms with van der Waals surface area (Å²) in [6.07, 6.45) is 1.23. The highest BCUT2D eigenvalue weighted by molar-refractivity contribution is 9.10. The number of fused-ring (bicyclic) bond motifs is 2. The van der Waals surface area contributed by atoms with Gasteiger partial charge in [0.25, 0.3) is 5.69 Å². The molecular weight excluding hydrogens is 493 g/mol. The van der Waals surface area contributed by atoms with Crippen LogP contribution in [-0.2, 0) is 10.2 Å². The van der Waals surface area contributed by atoms with Gasteiger partial charge < -0.3 is 14.5 Å². The lowest BCUT2D eigenvalue weighted by molar-refractivity contribution is -0.384. The standard InChI is InChI=1S/C24H27BrFN3O4/c1-23(2,3)22(30)27-11-9-24(10-12-27)14-28(16-7-5-6-8-17(16)29(31)32)21-18(33-4)13-15(26)20(25)19(21)24/h5-8,13H,9-12,14H2,1-4H3. The lowest BCUT2D eigenvalue weighted by Gasteiger charge is -2.42. The number of carbonyl (C=O) groups is 1. The molecule has 0 aromatic heterocycles. The summed E-state index contributed by atoms with van der Waals surface area (Å²) in [5, 5.41) is 11.8. The molecule has 2 heterocycles. The van der Waals surface area contributed by atoms with Crippen LogP contribution in [-0.4, -0.2) is 42.5 Å². The zero-order chi connectivity index (χ0) is 24.1. The SMILES string of the molecule is COc1cc(F)c(Br)c2c1N(c1ccccc1[N+](=O)[O-])CC21CCN(C(=O)C(C)(C)C)CC1. The first-order valence-electron chi connectivity index (χ1n) is 10.9. The van der Waals surface area contributed by atoms with Gasteiger partial charge in [0.2, 0.25) is 5.91 Å². The molecular formula is C24H27BrFN3O4. The number of anilines is 2. The molecule has 1 amide bonds. The van der Waals surface area contributed by atoms with Crippen LogP contribution in [0.5, 0.6) is 5.75 Å². The molecule has 0 radical (unpaired) electrons. The summed E-state index contributed by atoms with van der Waals surface area (Å²) in [5.74, 6) is -0.0291. The number of piperidine rings is 1. The van der Waals surface area contributed by atoms with Crippen molar-refractivity contribution >= 4 is 38.9 Å². The van der Waals surface area contributed by atoms with Gasteiger partial charge in [-0.15, -0.1) is 0 Å². The van der Waals surface area contributed by atoms with Gasteiger partial charge in [-0.05, 0) is 34.8 Å². The number of para-hydroxylation sites is 2. The normalized spacial score (nSPS) is 17.3. The second kappa shape index (κ2) is 8.27. The Morgan fingerprint density at radius 2 is 1.88 bits per heavy atom. The molecule has 0 unspecified atom stereocenters. The molecule has 33 heavy (non-hydrogen) atoms. The molecule has 2 aromatic rings. The van der Waals surface area contributed by atoms with Gasteiger partial charge in [0.05, 0.1) is 22.2 Å². The fourth-order valence-electron chi connectivity index (χ4n) is 5.03. The number of halogens is 2. The molecule has 0 aliphatic carbocycles. The smallest absolute Gasteiger partial charge is 0.292 e. The second-order valence-corrected chi connectivity index (χ2v) is 10.5. The van der Waals surface area contributed by atoms with Crippen molar-refractivity contribution in [2.24, 2.45) is 5.41 Å². The molecule has 9 heteroatoms. The van der Waals surface area contributed by atoms with Crippen LogP contribution < -0.4 is 9.64 Å². The summed E-state index contributed by atoms with van der Waals surface area (Å²) in [5.41, 5.74) is 0.831. The van der Waals surface area contributed by atoms with E-state index in [4.69, 9.17) is 4.74 Å². The monoisotopic (exact) mass is 519 g/mol. The Hall–Kier alpha value is -2.68. The molecule has 0 saturated carbocycles. The van der Waals surface area contributed by atoms with Gasteiger partial charge >= 0.3 is 0 Å². The number of hydrogen-bond acceptors (Lipinski definition) is 5. The van der Waals surface area contributed by atoms with Crippen molar-refractivity contribution in [3.05, 3.63) is 56.3 Å². The molecule has 0 bridgehead atoms. The maximum atomic E-state index is 14.9. The average Bonchev–Trinajstić information content (AvgIpc) is 3.10. The summed E-state index contributed by atoms with van der Waals surface area (Å²) in [7, 11) is 1.47. The van der Waals surface area contributed by atoms with Crippen LogP contribution >= 0.6 is 15.9 Å². The Morgan fingerprint density at radius 3 is 2.45 bits per heavy atom. The van der Waals surface area contributed by atoms with Gasteiger partial charge in [-0.25, -0.2) is 4.39 Å². The van der Waals surface area contributed by atoms with E-state index in [0.29, 0.717) is 54.1 Å². The lowest BCUT2D eigenvalue weighted by atomic mass is 9.73. The largest absolute Gasteiger partial charge is 0.494 e. The third kappa shape index (κ3) is 3.86. The number of hydrogen-bond donors (Lipinski definition) is 0. The van der Waals surface area contributed by atoms with Gasteiger partial charge in [0.1, 0.15) is 17.3 Å². The molecule has 1 saturated heterocycles. The van der Waals surface area contributed by atoms with E-state index >= 15 is 0 Å². The Morgan fingerprint density at radius 1 is 1.24 bits per heavy atom. The molecule has 4 rings (SSSR count). The van der Waals surface area contributed by atoms with Crippen LogP contribution in [0.25, 0.3) is 0 Å². The van der Waals surface area contributed by atoms with Gasteiger partial charge in [-0.2, -0.15) is 0 Å². The molecule has 7 nitrogen and oxygen atoms in total. The molecule has 0 N–H and O–H groups in total. The van der Waals surface area contributed by atoms with Crippen molar-refractivity contribution in [1.82, 2.24) is 4.90 Å². The summed E-state index contributed by atoms with van der Waals surface area (Å²) in [4.78, 5) is 28.0. The van der Waals surface area contributed by atoms with Crippen molar-refractivity contribution < 1.29 is 18.8 Å². The summed E-state index contributed by atoms with van der Waals surface area (Å²) in [6, 6.07) is 7.86. The minimum absolute atomic E-state index is 0.0247. The van der Waals surface area contributed by atoms with Crippen molar-refractivity contribution in [1.29, 1.82) is 0 Å². The highest BCUT2D eigenvalue weighted by Gasteiger charge is 2.50. The van der Waals surface area contributed by atoms with E-state index in [2.05, 4.69) is 15.9 Å². The van der Waals surface area contributed by atoms with E-state index in [1.54, 1.807) is 18.2 Å². The van der Waals surface area contributed by atoms with E-state index in [1.165, 1.54) is 19.2 Å². The molecule has 0 atom stereocenters. The number of nitro groups is 1. The first kappa shape index (κ1) is 23.5. The van der Waals surface area contributed by atoms with Crippen molar-refractivity contribution in [2.45, 2.75) is 39.0 Å². The van der Waals surface area contributed by atoms with E-state index in [-0.39, 0.29) is 11.6 Å². The minimum atomic E-state index is -0.484. The highest BCUT2D eigenvalue weighted by atomic mass is 79.9. The number of carbonyl (C=O) groups excluding carboxylic acids is 1. The fraction of sp³-hybridized carbons (Fsp3) is 0.458. The molecule has 1 spiro atoms. The lowest BCUT2D eigenvalue weighted by Crippen LogP contribution is -2.49. The summed E-state index contributed by atoms with van der Waals surface area (Å²) >= 11 is 3.46. The highest BCUT2D eigenvalue weighted by Crippen LogP contribution is 2.57. The van der Waals surface area contributed by atoms with Crippen LogP contribution in [0.2, 0.25) is 0 Å². The summed E-state index contributed by atoms with van der Waals surface area (Å²) < 4.78 is 20.8. The van der Waals surface area contributed by atoms with Crippen LogP contribution in [0.4, 0.5) is 21.5 Å². The number of likely N-dealkylation sites (tertiary alicyclic amines) is 1. The van der Waals surface area contributed by atoms with Crippen molar-refractivity contribution in [2.75, 3.05) is 31.6 Å². The number of methoxy groups -OCH3 is 1. The van der Waals surface area contributed by atoms with Crippen molar-refractivity contribution in [3.8, 4) is 5.75 Å². The zero-order valence-electron chi connectivity index (χ0n) is 19.2. The maximum Gasteiger partial charge on any atom is 0.292 e. The number of rotatable bonds is 3. The van der Waals surface area contributed by atoms with Gasteiger partial charge in [0, 0.05) is 48.2 Å². The average molecular weight is 520 g/mol. The molecule has 1 fully saturated rings. The quantitative estimate of drug-likeness (QED) is 0.391. The van der Waals surface area contributed by atoms with E-state index in [9.17, 15) is 19.3 Å². The zero-order valence-corrected chi connectivity index (χ0v) is 20.7. The van der Waals surface area contributed by atoms with E-state index in [0.717, 1.165) is 5.56 Å². The van der Waals surface area contributed by atoms with Gasteiger partial charge in [-0.3, -0.25) is 14.9 Å². The number of ether oxygens (including phenoxy) is 1. The summed E-state index contributed by atoms with van der Waals surface area (Å²) in [6.45, 7) is 7.20. The predicted octanol–water partition coefficient (Wildman–Crippen LogP) is 5.56. The number of nitro benzene ring substituents is 1. The Bertz CT molecular complexity index is 1120. The number of amides is 1. The molecule has 2 aromatic carbocycles. The second-order valence-electron chi connectivity index (χ2n) is 9.75. The van der Waals surface area contributed by atoms with Crippen LogP contribution in [0.15, 0.2) is 34.8 Å². The Kier molecular flexibility index (Phi) is 5.88. The van der Waals surface area contributed by atoms with Crippen LogP contribution in [0, 0.1) is 21.3 Å². The first-order valence-corrected chi connectivity index (χ1v) is 11.7. The fourth-order valence-corrected chi connectivity index (χ4v) is 5.76. The number of benzene rings is 2. The predicted molar refractivity (Wildman–Crippen MR) is 128 cm³/mol. The van der Waals surface area contributed by atoms with Gasteiger partial charge in [0.15, 0.2) is 0 Å². The molecule has 2 aliphatic heterocycles. The third-order valence-corrected chi connectivity index (χ3v) is 7.43. The van der Waals surface area contributed by atoms with E-state index in [1.807, 2.05) is 30.6 Å². The van der Waals surface area contributed by atoms with E-state index < -0.39 is 21.6 Å².